The summed E-state index contributed by atoms with van der Waals surface area (Å²) in [7, 11) is 5.41. The average molecular weight is 633 g/mol. The Morgan fingerprint density at radius 3 is 2.23 bits per heavy atom. The molecule has 1 fully saturated rings. The first kappa shape index (κ1) is 32.1. The molecule has 244 valence electrons. The fourth-order valence-electron chi connectivity index (χ4n) is 6.43. The number of hydrogen-bond donors (Lipinski definition) is 2. The number of aryl methyl sites for hydroxylation is 2. The minimum absolute atomic E-state index is 0.231. The molecule has 0 unspecified atom stereocenters. The molecule has 6 rings (SSSR count). The minimum atomic E-state index is -0.231. The summed E-state index contributed by atoms with van der Waals surface area (Å²) in [5.74, 6) is 0.946. The van der Waals surface area contributed by atoms with Gasteiger partial charge in [0.1, 0.15) is 11.5 Å². The van der Waals surface area contributed by atoms with Crippen molar-refractivity contribution >= 4 is 33.9 Å². The molecule has 0 aliphatic carbocycles. The molecule has 0 bridgehead atoms. The van der Waals surface area contributed by atoms with Crippen molar-refractivity contribution in [2.75, 3.05) is 64.6 Å². The maximum atomic E-state index is 13.4. The van der Waals surface area contributed by atoms with Crippen LogP contribution >= 0.6 is 0 Å². The standard InChI is InChI=1S/C38H44N6O3/c1-26-27(2)44(17-7-16-43-20-18-42(3)19-21-43)34-11-10-31(23-33(26)34)40-30-9-6-8-29(22-30)38(45)41-32-24-35(46-4)37(36(25-32)47-5)28-12-14-39-15-13-28/h6,8-15,22-25,40H,7,16-21H2,1-5H3,(H,41,45). The van der Waals surface area contributed by atoms with E-state index in [1.165, 1.54) is 22.2 Å². The van der Waals surface area contributed by atoms with Crippen LogP contribution in [0, 0.1) is 13.8 Å². The van der Waals surface area contributed by atoms with E-state index in [0.717, 1.165) is 68.2 Å². The van der Waals surface area contributed by atoms with Crippen LogP contribution in [0.15, 0.2) is 79.1 Å². The van der Waals surface area contributed by atoms with Crippen LogP contribution in [0.2, 0.25) is 0 Å². The Morgan fingerprint density at radius 1 is 0.830 bits per heavy atom. The van der Waals surface area contributed by atoms with Crippen molar-refractivity contribution in [3.05, 3.63) is 95.9 Å². The number of likely N-dealkylation sites (N-methyl/N-ethyl adjacent to an activating group) is 1. The first-order valence-electron chi connectivity index (χ1n) is 16.2. The van der Waals surface area contributed by atoms with Crippen LogP contribution in [0.1, 0.15) is 28.0 Å². The van der Waals surface area contributed by atoms with Gasteiger partial charge in [-0.1, -0.05) is 6.07 Å². The molecule has 0 atom stereocenters. The number of nitrogens with one attached hydrogen (secondary N) is 2. The van der Waals surface area contributed by atoms with Crippen LogP contribution in [0.5, 0.6) is 11.5 Å². The summed E-state index contributed by atoms with van der Waals surface area (Å²) in [6.07, 6.45) is 4.58. The summed E-state index contributed by atoms with van der Waals surface area (Å²) < 4.78 is 13.8. The van der Waals surface area contributed by atoms with Crippen LogP contribution in [-0.4, -0.2) is 79.2 Å². The van der Waals surface area contributed by atoms with E-state index in [0.29, 0.717) is 22.7 Å². The third-order valence-electron chi connectivity index (χ3n) is 9.24. The number of carbonyl (C=O) groups is 1. The Bertz CT molecular complexity index is 1840. The summed E-state index contributed by atoms with van der Waals surface area (Å²) in [5, 5.41) is 7.78. The number of fused-ring (bicyclic) bond motifs is 1. The summed E-state index contributed by atoms with van der Waals surface area (Å²) in [6, 6.07) is 21.5. The third-order valence-corrected chi connectivity index (χ3v) is 9.24. The second kappa shape index (κ2) is 14.3. The van der Waals surface area contributed by atoms with Crippen LogP contribution in [0.4, 0.5) is 17.1 Å². The van der Waals surface area contributed by atoms with E-state index >= 15 is 0 Å². The molecular formula is C38H44N6O3. The van der Waals surface area contributed by atoms with Crippen LogP contribution in [0.3, 0.4) is 0 Å². The molecule has 1 saturated heterocycles. The van der Waals surface area contributed by atoms with Gasteiger partial charge in [-0.25, -0.2) is 0 Å². The van der Waals surface area contributed by atoms with Gasteiger partial charge in [0.2, 0.25) is 0 Å². The summed E-state index contributed by atoms with van der Waals surface area (Å²) in [5.41, 5.74) is 8.51. The Kier molecular flexibility index (Phi) is 9.75. The number of hydrogen-bond acceptors (Lipinski definition) is 7. The molecule has 1 aliphatic heterocycles. The molecular weight excluding hydrogens is 588 g/mol. The summed E-state index contributed by atoms with van der Waals surface area (Å²) in [4.78, 5) is 22.5. The number of amides is 1. The average Bonchev–Trinajstić information content (AvgIpc) is 3.33. The van der Waals surface area contributed by atoms with Crippen molar-refractivity contribution in [1.29, 1.82) is 0 Å². The number of nitrogens with zero attached hydrogens (tertiary/aromatic N) is 4. The van der Waals surface area contributed by atoms with Gasteiger partial charge in [0, 0.05) is 96.5 Å². The molecule has 1 amide bonds. The van der Waals surface area contributed by atoms with E-state index in [-0.39, 0.29) is 5.91 Å². The van der Waals surface area contributed by atoms with Gasteiger partial charge in [0.25, 0.3) is 5.91 Å². The Balaban J connectivity index is 1.15. The molecule has 1 aliphatic rings. The second-order valence-electron chi connectivity index (χ2n) is 12.2. The highest BCUT2D eigenvalue weighted by Gasteiger charge is 2.18. The number of pyridine rings is 1. The number of carbonyl (C=O) groups excluding carboxylic acids is 1. The van der Waals surface area contributed by atoms with E-state index in [4.69, 9.17) is 9.47 Å². The fraction of sp³-hybridized carbons (Fsp3) is 0.316. The molecule has 47 heavy (non-hydrogen) atoms. The zero-order chi connectivity index (χ0) is 32.9. The molecule has 0 spiro atoms. The number of anilines is 3. The van der Waals surface area contributed by atoms with Crippen molar-refractivity contribution in [2.45, 2.75) is 26.8 Å². The highest BCUT2D eigenvalue weighted by Crippen LogP contribution is 2.41. The van der Waals surface area contributed by atoms with Gasteiger partial charge in [0.05, 0.1) is 19.8 Å². The largest absolute Gasteiger partial charge is 0.496 e. The van der Waals surface area contributed by atoms with Crippen molar-refractivity contribution in [2.24, 2.45) is 0 Å². The highest BCUT2D eigenvalue weighted by molar-refractivity contribution is 6.05. The van der Waals surface area contributed by atoms with Crippen LogP contribution < -0.4 is 20.1 Å². The van der Waals surface area contributed by atoms with Gasteiger partial charge in [-0.2, -0.15) is 0 Å². The lowest BCUT2D eigenvalue weighted by Crippen LogP contribution is -2.44. The van der Waals surface area contributed by atoms with E-state index in [1.807, 2.05) is 30.3 Å². The Hall–Kier alpha value is -4.86. The number of methoxy groups -OCH3 is 2. The van der Waals surface area contributed by atoms with E-state index in [2.05, 4.69) is 69.1 Å². The first-order chi connectivity index (χ1) is 22.8. The van der Waals surface area contributed by atoms with Crippen LogP contribution in [0.25, 0.3) is 22.0 Å². The zero-order valence-electron chi connectivity index (χ0n) is 28.0. The van der Waals surface area contributed by atoms with E-state index < -0.39 is 0 Å². The van der Waals surface area contributed by atoms with Crippen molar-refractivity contribution < 1.29 is 14.3 Å². The third kappa shape index (κ3) is 7.11. The molecule has 5 aromatic rings. The van der Waals surface area contributed by atoms with Gasteiger partial charge in [-0.15, -0.1) is 0 Å². The fourth-order valence-corrected chi connectivity index (χ4v) is 6.43. The second-order valence-corrected chi connectivity index (χ2v) is 12.2. The smallest absolute Gasteiger partial charge is 0.255 e. The number of piperazine rings is 1. The Labute approximate surface area is 277 Å². The molecule has 0 radical (unpaired) electrons. The van der Waals surface area contributed by atoms with E-state index in [1.54, 1.807) is 44.8 Å². The monoisotopic (exact) mass is 632 g/mol. The van der Waals surface area contributed by atoms with Gasteiger partial charge in [0.15, 0.2) is 0 Å². The lowest BCUT2D eigenvalue weighted by atomic mass is 10.0. The molecule has 2 aromatic heterocycles. The number of aromatic nitrogens is 2. The zero-order valence-corrected chi connectivity index (χ0v) is 28.0. The van der Waals surface area contributed by atoms with Gasteiger partial charge >= 0.3 is 0 Å². The maximum Gasteiger partial charge on any atom is 0.255 e. The molecule has 9 heteroatoms. The quantitative estimate of drug-likeness (QED) is 0.163. The number of benzene rings is 3. The predicted molar refractivity (Wildman–Crippen MR) is 190 cm³/mol. The minimum Gasteiger partial charge on any atom is -0.496 e. The normalized spacial score (nSPS) is 13.9. The number of rotatable bonds is 11. The number of ether oxygens (including phenoxy) is 2. The lowest BCUT2D eigenvalue weighted by molar-refractivity contribution is 0.102. The first-order valence-corrected chi connectivity index (χ1v) is 16.2. The van der Waals surface area contributed by atoms with Gasteiger partial charge < -0.3 is 34.5 Å². The van der Waals surface area contributed by atoms with Crippen molar-refractivity contribution in [3.63, 3.8) is 0 Å². The molecule has 3 aromatic carbocycles. The lowest BCUT2D eigenvalue weighted by Gasteiger charge is -2.32. The molecule has 9 nitrogen and oxygen atoms in total. The maximum absolute atomic E-state index is 13.4. The van der Waals surface area contributed by atoms with Crippen molar-refractivity contribution in [3.8, 4) is 22.6 Å². The van der Waals surface area contributed by atoms with Gasteiger partial charge in [-0.05, 0) is 93.5 Å². The molecule has 0 saturated carbocycles. The SMILES string of the molecule is COc1cc(NC(=O)c2cccc(Nc3ccc4c(c3)c(C)c(C)n4CCCN3CCN(C)CC3)c2)cc(OC)c1-c1ccncc1. The van der Waals surface area contributed by atoms with Crippen LogP contribution in [-0.2, 0) is 6.54 Å². The highest BCUT2D eigenvalue weighted by atomic mass is 16.5. The molecule has 2 N–H and O–H groups in total. The topological polar surface area (TPSA) is 83.9 Å². The Morgan fingerprint density at radius 2 is 1.53 bits per heavy atom. The molecule has 3 heterocycles. The summed E-state index contributed by atoms with van der Waals surface area (Å²) in [6.45, 7) is 11.2. The summed E-state index contributed by atoms with van der Waals surface area (Å²) >= 11 is 0. The van der Waals surface area contributed by atoms with E-state index in [9.17, 15) is 4.79 Å². The van der Waals surface area contributed by atoms with Crippen molar-refractivity contribution in [1.82, 2.24) is 19.4 Å². The van der Waals surface area contributed by atoms with Gasteiger partial charge in [-0.3, -0.25) is 9.78 Å². The predicted octanol–water partition coefficient (Wildman–Crippen LogP) is 6.97.